The number of rotatable bonds is 0. The maximum atomic E-state index is 12.0. The van der Waals surface area contributed by atoms with Crippen LogP contribution in [0, 0.1) is 0 Å². The van der Waals surface area contributed by atoms with Gasteiger partial charge >= 0.3 is 6.03 Å². The topological polar surface area (TPSA) is 75.3 Å². The molecule has 2 atom stereocenters. The maximum Gasteiger partial charge on any atom is 0.316 e. The van der Waals surface area contributed by atoms with E-state index in [1.165, 1.54) is 0 Å². The van der Waals surface area contributed by atoms with Crippen LogP contribution in [0.3, 0.4) is 0 Å². The van der Waals surface area contributed by atoms with Crippen LogP contribution in [0.4, 0.5) is 4.79 Å². The van der Waals surface area contributed by atoms with Crippen molar-refractivity contribution in [3.05, 3.63) is 35.4 Å². The van der Waals surface area contributed by atoms with Gasteiger partial charge in [0.25, 0.3) is 0 Å². The van der Waals surface area contributed by atoms with Gasteiger partial charge < -0.3 is 10.6 Å². The van der Waals surface area contributed by atoms with Crippen molar-refractivity contribution in [3.8, 4) is 0 Å². The molecule has 16 heavy (non-hydrogen) atoms. The first-order valence-corrected chi connectivity index (χ1v) is 4.93. The summed E-state index contributed by atoms with van der Waals surface area (Å²) in [4.78, 5) is 35.1. The molecule has 2 amide bonds. The fraction of sp³-hybridized carbons (Fsp3) is 0.182. The smallest absolute Gasteiger partial charge is 0.316 e. The van der Waals surface area contributed by atoms with Crippen molar-refractivity contribution < 1.29 is 14.4 Å². The Labute approximate surface area is 90.8 Å². The average Bonchev–Trinajstić information content (AvgIpc) is 2.68. The van der Waals surface area contributed by atoms with Gasteiger partial charge in [0.1, 0.15) is 12.1 Å². The van der Waals surface area contributed by atoms with Crippen molar-refractivity contribution in [1.29, 1.82) is 0 Å². The molecule has 0 saturated carbocycles. The molecule has 80 valence electrons. The zero-order chi connectivity index (χ0) is 11.3. The van der Waals surface area contributed by atoms with Gasteiger partial charge in [0.15, 0.2) is 11.6 Å². The molecule has 0 spiro atoms. The van der Waals surface area contributed by atoms with E-state index >= 15 is 0 Å². The van der Waals surface area contributed by atoms with Gasteiger partial charge in [-0.2, -0.15) is 0 Å². The lowest BCUT2D eigenvalue weighted by Gasteiger charge is -2.23. The lowest BCUT2D eigenvalue weighted by atomic mass is 9.83. The van der Waals surface area contributed by atoms with Crippen LogP contribution >= 0.6 is 0 Å². The number of urea groups is 1. The summed E-state index contributed by atoms with van der Waals surface area (Å²) < 4.78 is 0. The molecule has 1 aliphatic heterocycles. The number of hydrogen-bond acceptors (Lipinski definition) is 3. The standard InChI is InChI=1S/C11H8N2O3/c14-9-5-3-1-2-4-6(5)10(15)8-7(9)12-11(16)13-8/h1-4,7-8H,(H2,12,13,16). The summed E-state index contributed by atoms with van der Waals surface area (Å²) in [7, 11) is 0. The van der Waals surface area contributed by atoms with Crippen LogP contribution in [0.5, 0.6) is 0 Å². The van der Waals surface area contributed by atoms with Gasteiger partial charge in [0.05, 0.1) is 0 Å². The van der Waals surface area contributed by atoms with Crippen molar-refractivity contribution >= 4 is 17.6 Å². The van der Waals surface area contributed by atoms with E-state index in [0.29, 0.717) is 11.1 Å². The molecule has 1 aromatic rings. The number of fused-ring (bicyclic) bond motifs is 2. The van der Waals surface area contributed by atoms with Gasteiger partial charge in [0, 0.05) is 11.1 Å². The highest BCUT2D eigenvalue weighted by atomic mass is 16.2. The molecule has 1 heterocycles. The SMILES string of the molecule is O=C1NC2C(=O)c3ccccc3C(=O)C2N1. The van der Waals surface area contributed by atoms with E-state index in [1.807, 2.05) is 0 Å². The van der Waals surface area contributed by atoms with Crippen molar-refractivity contribution in [2.75, 3.05) is 0 Å². The Kier molecular flexibility index (Phi) is 1.65. The second-order valence-electron chi connectivity index (χ2n) is 3.85. The fourth-order valence-electron chi connectivity index (χ4n) is 2.17. The molecule has 0 aromatic heterocycles. The Morgan fingerprint density at radius 1 is 0.812 bits per heavy atom. The first kappa shape index (κ1) is 9.08. The van der Waals surface area contributed by atoms with E-state index in [2.05, 4.69) is 10.6 Å². The molecule has 1 fully saturated rings. The second-order valence-corrected chi connectivity index (χ2v) is 3.85. The molecule has 0 bridgehead atoms. The number of amides is 2. The number of benzene rings is 1. The molecular formula is C11H8N2O3. The zero-order valence-electron chi connectivity index (χ0n) is 8.19. The van der Waals surface area contributed by atoms with Gasteiger partial charge in [-0.15, -0.1) is 0 Å². The summed E-state index contributed by atoms with van der Waals surface area (Å²) in [6, 6.07) is 4.64. The molecule has 2 unspecified atom stereocenters. The van der Waals surface area contributed by atoms with Crippen LogP contribution in [0.2, 0.25) is 0 Å². The normalized spacial score (nSPS) is 26.9. The largest absolute Gasteiger partial charge is 0.325 e. The summed E-state index contributed by atoms with van der Waals surface area (Å²) in [5.74, 6) is -0.419. The summed E-state index contributed by atoms with van der Waals surface area (Å²) >= 11 is 0. The molecule has 2 aliphatic rings. The van der Waals surface area contributed by atoms with Gasteiger partial charge in [-0.25, -0.2) is 4.79 Å². The summed E-state index contributed by atoms with van der Waals surface area (Å²) in [5.41, 5.74) is 0.774. The average molecular weight is 216 g/mol. The zero-order valence-corrected chi connectivity index (χ0v) is 8.19. The van der Waals surface area contributed by atoms with E-state index in [4.69, 9.17) is 0 Å². The Balaban J connectivity index is 2.17. The molecule has 1 aliphatic carbocycles. The van der Waals surface area contributed by atoms with E-state index in [9.17, 15) is 14.4 Å². The maximum absolute atomic E-state index is 12.0. The number of hydrogen-bond donors (Lipinski definition) is 2. The number of carbonyl (C=O) groups is 3. The minimum Gasteiger partial charge on any atom is -0.325 e. The summed E-state index contributed by atoms with van der Waals surface area (Å²) in [5, 5.41) is 4.91. The third-order valence-electron chi connectivity index (χ3n) is 2.93. The quantitative estimate of drug-likeness (QED) is 0.646. The number of Topliss-reactive ketones (excluding diaryl/α,β-unsaturated/α-hetero) is 2. The first-order valence-electron chi connectivity index (χ1n) is 4.93. The third kappa shape index (κ3) is 1.02. The lowest BCUT2D eigenvalue weighted by molar-refractivity contribution is 0.0839. The van der Waals surface area contributed by atoms with Crippen molar-refractivity contribution in [1.82, 2.24) is 10.6 Å². The molecule has 1 saturated heterocycles. The van der Waals surface area contributed by atoms with Crippen LogP contribution in [0.15, 0.2) is 24.3 Å². The Hall–Kier alpha value is -2.17. The van der Waals surface area contributed by atoms with Gasteiger partial charge in [-0.05, 0) is 0 Å². The molecule has 1 aromatic carbocycles. The van der Waals surface area contributed by atoms with Gasteiger partial charge in [-0.1, -0.05) is 24.3 Å². The van der Waals surface area contributed by atoms with Crippen LogP contribution in [-0.4, -0.2) is 29.7 Å². The molecule has 5 nitrogen and oxygen atoms in total. The predicted octanol–water partition coefficient (Wildman–Crippen LogP) is 0.116. The summed E-state index contributed by atoms with van der Waals surface area (Å²) in [6.07, 6.45) is 0. The molecule has 2 N–H and O–H groups in total. The van der Waals surface area contributed by atoms with Crippen LogP contribution in [0.1, 0.15) is 20.7 Å². The molecular weight excluding hydrogens is 208 g/mol. The van der Waals surface area contributed by atoms with Gasteiger partial charge in [-0.3, -0.25) is 9.59 Å². The molecule has 3 rings (SSSR count). The molecule has 0 radical (unpaired) electrons. The predicted molar refractivity (Wildman–Crippen MR) is 54.3 cm³/mol. The van der Waals surface area contributed by atoms with E-state index < -0.39 is 18.1 Å². The molecule has 5 heteroatoms. The third-order valence-corrected chi connectivity index (χ3v) is 2.93. The van der Waals surface area contributed by atoms with E-state index in [0.717, 1.165) is 0 Å². The van der Waals surface area contributed by atoms with Gasteiger partial charge in [0.2, 0.25) is 0 Å². The minimum atomic E-state index is -0.755. The highest BCUT2D eigenvalue weighted by molar-refractivity contribution is 6.21. The van der Waals surface area contributed by atoms with Crippen LogP contribution < -0.4 is 10.6 Å². The van der Waals surface area contributed by atoms with Crippen molar-refractivity contribution in [2.45, 2.75) is 12.1 Å². The van der Waals surface area contributed by atoms with Crippen LogP contribution in [0.25, 0.3) is 0 Å². The Morgan fingerprint density at radius 2 is 1.25 bits per heavy atom. The van der Waals surface area contributed by atoms with E-state index in [1.54, 1.807) is 24.3 Å². The van der Waals surface area contributed by atoms with E-state index in [-0.39, 0.29) is 11.6 Å². The Bertz CT molecular complexity index is 479. The van der Waals surface area contributed by atoms with Crippen molar-refractivity contribution in [2.24, 2.45) is 0 Å². The second kappa shape index (κ2) is 2.91. The number of carbonyl (C=O) groups excluding carboxylic acids is 3. The highest BCUT2D eigenvalue weighted by Gasteiger charge is 2.46. The first-order chi connectivity index (χ1) is 7.68. The highest BCUT2D eigenvalue weighted by Crippen LogP contribution is 2.23. The van der Waals surface area contributed by atoms with Crippen LogP contribution in [-0.2, 0) is 0 Å². The monoisotopic (exact) mass is 216 g/mol. The number of nitrogens with one attached hydrogen (secondary N) is 2. The minimum absolute atomic E-state index is 0.210. The fourth-order valence-corrected chi connectivity index (χ4v) is 2.17. The van der Waals surface area contributed by atoms with Crippen molar-refractivity contribution in [3.63, 3.8) is 0 Å². The summed E-state index contributed by atoms with van der Waals surface area (Å²) in [6.45, 7) is 0. The number of ketones is 2. The Morgan fingerprint density at radius 3 is 1.69 bits per heavy atom. The lowest BCUT2D eigenvalue weighted by Crippen LogP contribution is -2.49.